The molecule has 1 aromatic heterocycles. The van der Waals surface area contributed by atoms with Crippen LogP contribution in [0, 0.1) is 0 Å². The number of aromatic nitrogens is 1. The highest BCUT2D eigenvalue weighted by Crippen LogP contribution is 2.30. The van der Waals surface area contributed by atoms with Crippen LogP contribution in [0.25, 0.3) is 0 Å². The molecular formula is C12H18N2O2S. The van der Waals surface area contributed by atoms with E-state index >= 15 is 0 Å². The van der Waals surface area contributed by atoms with Crippen molar-refractivity contribution in [3.05, 3.63) is 16.1 Å². The highest BCUT2D eigenvalue weighted by molar-refractivity contribution is 7.09. The van der Waals surface area contributed by atoms with Crippen LogP contribution < -0.4 is 0 Å². The van der Waals surface area contributed by atoms with Gasteiger partial charge in [-0.05, 0) is 19.3 Å². The quantitative estimate of drug-likeness (QED) is 0.889. The van der Waals surface area contributed by atoms with E-state index in [0.29, 0.717) is 0 Å². The lowest BCUT2D eigenvalue weighted by atomic mass is 10.2. The molecule has 1 N–H and O–H groups in total. The smallest absolute Gasteiger partial charge is 0.122 e. The Balaban J connectivity index is 1.60. The summed E-state index contributed by atoms with van der Waals surface area (Å²) in [5, 5.41) is 12.7. The molecule has 4 nitrogen and oxygen atoms in total. The SMILES string of the molecule is O[C@H]1CCN(Cc2csc(C3CCCO3)n2)C1. The Morgan fingerprint density at radius 3 is 3.18 bits per heavy atom. The number of likely N-dealkylation sites (tertiary alicyclic amines) is 1. The number of rotatable bonds is 3. The minimum absolute atomic E-state index is 0.147. The molecule has 0 aliphatic carbocycles. The first kappa shape index (κ1) is 11.6. The maximum Gasteiger partial charge on any atom is 0.122 e. The molecule has 5 heteroatoms. The van der Waals surface area contributed by atoms with E-state index in [1.54, 1.807) is 11.3 Å². The highest BCUT2D eigenvalue weighted by Gasteiger charge is 2.23. The second-order valence-electron chi connectivity index (χ2n) is 4.86. The Kier molecular flexibility index (Phi) is 3.42. The molecule has 1 unspecified atom stereocenters. The zero-order chi connectivity index (χ0) is 11.7. The van der Waals surface area contributed by atoms with Gasteiger partial charge in [0.25, 0.3) is 0 Å². The number of aliphatic hydroxyl groups is 1. The number of ether oxygens (including phenoxy) is 1. The second-order valence-corrected chi connectivity index (χ2v) is 5.75. The fraction of sp³-hybridized carbons (Fsp3) is 0.750. The lowest BCUT2D eigenvalue weighted by Gasteiger charge is -2.12. The average molecular weight is 254 g/mol. The zero-order valence-electron chi connectivity index (χ0n) is 9.84. The van der Waals surface area contributed by atoms with Crippen LogP contribution >= 0.6 is 11.3 Å². The van der Waals surface area contributed by atoms with Crippen molar-refractivity contribution in [1.29, 1.82) is 0 Å². The van der Waals surface area contributed by atoms with E-state index in [1.807, 2.05) is 0 Å². The highest BCUT2D eigenvalue weighted by atomic mass is 32.1. The molecule has 2 aliphatic heterocycles. The topological polar surface area (TPSA) is 45.6 Å². The van der Waals surface area contributed by atoms with E-state index in [0.717, 1.165) is 56.2 Å². The van der Waals surface area contributed by atoms with Crippen LogP contribution in [0.4, 0.5) is 0 Å². The molecule has 0 spiro atoms. The van der Waals surface area contributed by atoms with Gasteiger partial charge in [-0.3, -0.25) is 4.90 Å². The lowest BCUT2D eigenvalue weighted by Crippen LogP contribution is -2.21. The minimum atomic E-state index is -0.147. The molecule has 0 saturated carbocycles. The summed E-state index contributed by atoms with van der Waals surface area (Å²) in [5.41, 5.74) is 1.12. The molecule has 3 heterocycles. The van der Waals surface area contributed by atoms with E-state index in [1.165, 1.54) is 0 Å². The van der Waals surface area contributed by atoms with E-state index in [2.05, 4.69) is 15.3 Å². The Hall–Kier alpha value is -0.490. The predicted molar refractivity (Wildman–Crippen MR) is 65.9 cm³/mol. The fourth-order valence-corrected chi connectivity index (χ4v) is 3.39. The van der Waals surface area contributed by atoms with Gasteiger partial charge in [0.05, 0.1) is 11.8 Å². The maximum atomic E-state index is 9.48. The van der Waals surface area contributed by atoms with Crippen LogP contribution in [0.15, 0.2) is 5.38 Å². The van der Waals surface area contributed by atoms with E-state index in [9.17, 15) is 5.11 Å². The van der Waals surface area contributed by atoms with Crippen molar-refractivity contribution >= 4 is 11.3 Å². The number of aliphatic hydroxyl groups excluding tert-OH is 1. The third-order valence-electron chi connectivity index (χ3n) is 3.41. The maximum absolute atomic E-state index is 9.48. The molecule has 0 bridgehead atoms. The van der Waals surface area contributed by atoms with Crippen LogP contribution in [-0.2, 0) is 11.3 Å². The van der Waals surface area contributed by atoms with Crippen LogP contribution in [0.2, 0.25) is 0 Å². The summed E-state index contributed by atoms with van der Waals surface area (Å²) in [6.07, 6.45) is 3.24. The summed E-state index contributed by atoms with van der Waals surface area (Å²) >= 11 is 1.71. The molecule has 17 heavy (non-hydrogen) atoms. The van der Waals surface area contributed by atoms with Gasteiger partial charge in [0.1, 0.15) is 11.1 Å². The molecule has 0 radical (unpaired) electrons. The fourth-order valence-electron chi connectivity index (χ4n) is 2.50. The van der Waals surface area contributed by atoms with Crippen molar-refractivity contribution in [1.82, 2.24) is 9.88 Å². The molecule has 94 valence electrons. The van der Waals surface area contributed by atoms with Gasteiger partial charge in [-0.2, -0.15) is 0 Å². The van der Waals surface area contributed by atoms with Crippen LogP contribution in [0.3, 0.4) is 0 Å². The zero-order valence-corrected chi connectivity index (χ0v) is 10.7. The van der Waals surface area contributed by atoms with Crippen molar-refractivity contribution in [3.8, 4) is 0 Å². The molecule has 0 amide bonds. The number of nitrogens with zero attached hydrogens (tertiary/aromatic N) is 2. The molecule has 3 rings (SSSR count). The average Bonchev–Trinajstić information content (AvgIpc) is 3.00. The van der Waals surface area contributed by atoms with Crippen LogP contribution in [0.1, 0.15) is 36.1 Å². The van der Waals surface area contributed by atoms with Gasteiger partial charge < -0.3 is 9.84 Å². The summed E-state index contributed by atoms with van der Waals surface area (Å²) < 4.78 is 5.63. The number of thiazole rings is 1. The largest absolute Gasteiger partial charge is 0.392 e. The first-order valence-corrected chi connectivity index (χ1v) is 7.15. The molecule has 2 fully saturated rings. The summed E-state index contributed by atoms with van der Waals surface area (Å²) in [4.78, 5) is 6.91. The van der Waals surface area contributed by atoms with Gasteiger partial charge >= 0.3 is 0 Å². The Bertz CT molecular complexity index is 376. The number of hydrogen-bond acceptors (Lipinski definition) is 5. The summed E-state index contributed by atoms with van der Waals surface area (Å²) in [6, 6.07) is 0. The Morgan fingerprint density at radius 1 is 1.53 bits per heavy atom. The van der Waals surface area contributed by atoms with Crippen molar-refractivity contribution in [3.63, 3.8) is 0 Å². The predicted octanol–water partition coefficient (Wildman–Crippen LogP) is 1.56. The van der Waals surface area contributed by atoms with Crippen molar-refractivity contribution in [2.24, 2.45) is 0 Å². The van der Waals surface area contributed by atoms with Crippen molar-refractivity contribution < 1.29 is 9.84 Å². The molecular weight excluding hydrogens is 236 g/mol. The van der Waals surface area contributed by atoms with Gasteiger partial charge in [0.2, 0.25) is 0 Å². The third-order valence-corrected chi connectivity index (χ3v) is 4.39. The second kappa shape index (κ2) is 5.02. The van der Waals surface area contributed by atoms with Crippen molar-refractivity contribution in [2.75, 3.05) is 19.7 Å². The van der Waals surface area contributed by atoms with E-state index in [-0.39, 0.29) is 12.2 Å². The van der Waals surface area contributed by atoms with Crippen LogP contribution in [-0.4, -0.2) is 40.8 Å². The Labute approximate surface area is 105 Å². The Morgan fingerprint density at radius 2 is 2.47 bits per heavy atom. The summed E-state index contributed by atoms with van der Waals surface area (Å²) in [7, 11) is 0. The number of hydrogen-bond donors (Lipinski definition) is 1. The summed E-state index contributed by atoms with van der Waals surface area (Å²) in [5.74, 6) is 0. The van der Waals surface area contributed by atoms with E-state index < -0.39 is 0 Å². The molecule has 2 atom stereocenters. The summed E-state index contributed by atoms with van der Waals surface area (Å²) in [6.45, 7) is 3.50. The first-order valence-electron chi connectivity index (χ1n) is 6.27. The number of β-amino-alcohol motifs (C(OH)–C–C–N with tert-alkyl or cyclic N) is 1. The first-order chi connectivity index (χ1) is 8.31. The van der Waals surface area contributed by atoms with E-state index in [4.69, 9.17) is 4.74 Å². The standard InChI is InChI=1S/C12H18N2O2S/c15-10-3-4-14(7-10)6-9-8-17-12(13-9)11-2-1-5-16-11/h8,10-11,15H,1-7H2/t10-,11?/m0/s1. The van der Waals surface area contributed by atoms with Crippen LogP contribution in [0.5, 0.6) is 0 Å². The van der Waals surface area contributed by atoms with Gasteiger partial charge in [0.15, 0.2) is 0 Å². The van der Waals surface area contributed by atoms with Gasteiger partial charge in [-0.1, -0.05) is 0 Å². The minimum Gasteiger partial charge on any atom is -0.392 e. The van der Waals surface area contributed by atoms with Gasteiger partial charge in [-0.25, -0.2) is 4.98 Å². The normalized spacial score (nSPS) is 30.2. The third kappa shape index (κ3) is 2.68. The molecule has 2 aliphatic rings. The van der Waals surface area contributed by atoms with Gasteiger partial charge in [0, 0.05) is 31.6 Å². The molecule has 2 saturated heterocycles. The lowest BCUT2D eigenvalue weighted by molar-refractivity contribution is 0.111. The van der Waals surface area contributed by atoms with Crippen molar-refractivity contribution in [2.45, 2.75) is 38.0 Å². The monoisotopic (exact) mass is 254 g/mol. The molecule has 0 aromatic carbocycles. The van der Waals surface area contributed by atoms with Gasteiger partial charge in [-0.15, -0.1) is 11.3 Å². The molecule has 1 aromatic rings.